The van der Waals surface area contributed by atoms with Gasteiger partial charge in [0.15, 0.2) is 0 Å². The number of fused-ring (bicyclic) bond motifs is 1. The summed E-state index contributed by atoms with van der Waals surface area (Å²) < 4.78 is 6.48. The lowest BCUT2D eigenvalue weighted by atomic mass is 10.1. The summed E-state index contributed by atoms with van der Waals surface area (Å²) in [5.74, 6) is 0.795. The Bertz CT molecular complexity index is 973. The first-order chi connectivity index (χ1) is 11.3. The Balaban J connectivity index is 1.80. The fourth-order valence-corrected chi connectivity index (χ4v) is 4.06. The van der Waals surface area contributed by atoms with Gasteiger partial charge in [0, 0.05) is 28.4 Å². The third-order valence-electron chi connectivity index (χ3n) is 3.61. The van der Waals surface area contributed by atoms with Crippen molar-refractivity contribution in [1.29, 1.82) is 0 Å². The maximum atomic E-state index is 5.38. The van der Waals surface area contributed by atoms with E-state index in [1.807, 2.05) is 36.8 Å². The van der Waals surface area contributed by atoms with Crippen LogP contribution in [-0.4, -0.2) is 22.1 Å². The molecule has 0 saturated heterocycles. The molecule has 0 amide bonds. The quantitative estimate of drug-likeness (QED) is 0.538. The lowest BCUT2D eigenvalue weighted by Gasteiger charge is -2.04. The van der Waals surface area contributed by atoms with Crippen LogP contribution in [0.25, 0.3) is 32.0 Å². The summed E-state index contributed by atoms with van der Waals surface area (Å²) in [6.45, 7) is 1.98. The molecule has 4 nitrogen and oxygen atoms in total. The molecule has 0 unspecified atom stereocenters. The number of hydrogen-bond donors (Lipinski definition) is 0. The minimum absolute atomic E-state index is 0.795. The van der Waals surface area contributed by atoms with E-state index in [-0.39, 0.29) is 0 Å². The van der Waals surface area contributed by atoms with Crippen molar-refractivity contribution < 1.29 is 4.74 Å². The van der Waals surface area contributed by atoms with Gasteiger partial charge in [0.1, 0.15) is 16.3 Å². The number of methoxy groups -OCH3 is 1. The molecule has 0 radical (unpaired) electrons. The zero-order chi connectivity index (χ0) is 15.8. The molecule has 0 aliphatic heterocycles. The first-order valence-corrected chi connectivity index (χ1v) is 8.81. The molecule has 0 bridgehead atoms. The zero-order valence-electron chi connectivity index (χ0n) is 12.6. The summed E-state index contributed by atoms with van der Waals surface area (Å²) >= 11 is 3.23. The van der Waals surface area contributed by atoms with Gasteiger partial charge < -0.3 is 4.74 Å². The van der Waals surface area contributed by atoms with Crippen molar-refractivity contribution in [2.75, 3.05) is 7.11 Å². The largest absolute Gasteiger partial charge is 0.494 e. The predicted octanol–water partition coefficient (Wildman–Crippen LogP) is 4.80. The molecule has 4 rings (SSSR count). The van der Waals surface area contributed by atoms with Crippen molar-refractivity contribution in [3.05, 3.63) is 47.0 Å². The van der Waals surface area contributed by atoms with E-state index in [0.717, 1.165) is 43.5 Å². The molecule has 3 aromatic heterocycles. The van der Waals surface area contributed by atoms with E-state index < -0.39 is 0 Å². The fourth-order valence-electron chi connectivity index (χ4n) is 2.42. The summed E-state index contributed by atoms with van der Waals surface area (Å²) in [5.41, 5.74) is 6.83. The third kappa shape index (κ3) is 2.50. The SMILES string of the molecule is COc1ccc(-c2csc(-c3ccc(C)nc3)n2)c2scnc12. The van der Waals surface area contributed by atoms with Gasteiger partial charge in [-0.2, -0.15) is 0 Å². The molecule has 0 saturated carbocycles. The third-order valence-corrected chi connectivity index (χ3v) is 5.36. The number of benzene rings is 1. The van der Waals surface area contributed by atoms with Crippen molar-refractivity contribution in [2.24, 2.45) is 0 Å². The molecule has 0 fully saturated rings. The number of aromatic nitrogens is 3. The predicted molar refractivity (Wildman–Crippen MR) is 95.2 cm³/mol. The molecular weight excluding hydrogens is 326 g/mol. The Labute approximate surface area is 141 Å². The standard InChI is InChI=1S/C17H13N3OS2/c1-10-3-4-11(7-18-10)17-20-13(8-22-17)12-5-6-14(21-2)15-16(12)23-9-19-15/h3-9H,1-2H3. The lowest BCUT2D eigenvalue weighted by molar-refractivity contribution is 0.419. The summed E-state index contributed by atoms with van der Waals surface area (Å²) in [6.07, 6.45) is 1.87. The molecule has 0 spiro atoms. The monoisotopic (exact) mass is 339 g/mol. The van der Waals surface area contributed by atoms with Crippen LogP contribution in [0.4, 0.5) is 0 Å². The Morgan fingerprint density at radius 2 is 1.96 bits per heavy atom. The van der Waals surface area contributed by atoms with Gasteiger partial charge in [-0.3, -0.25) is 4.98 Å². The number of rotatable bonds is 3. The molecule has 3 heterocycles. The highest BCUT2D eigenvalue weighted by atomic mass is 32.1. The number of pyridine rings is 1. The first kappa shape index (κ1) is 14.3. The number of ether oxygens (including phenoxy) is 1. The molecule has 114 valence electrons. The van der Waals surface area contributed by atoms with Gasteiger partial charge >= 0.3 is 0 Å². The molecule has 0 atom stereocenters. The Morgan fingerprint density at radius 3 is 2.74 bits per heavy atom. The topological polar surface area (TPSA) is 47.9 Å². The molecule has 0 aliphatic carbocycles. The van der Waals surface area contributed by atoms with Crippen molar-refractivity contribution in [2.45, 2.75) is 6.92 Å². The second-order valence-electron chi connectivity index (χ2n) is 5.07. The van der Waals surface area contributed by atoms with E-state index in [0.29, 0.717) is 0 Å². The zero-order valence-corrected chi connectivity index (χ0v) is 14.2. The highest BCUT2D eigenvalue weighted by Gasteiger charge is 2.14. The Morgan fingerprint density at radius 1 is 1.04 bits per heavy atom. The van der Waals surface area contributed by atoms with Crippen molar-refractivity contribution in [3.63, 3.8) is 0 Å². The van der Waals surface area contributed by atoms with E-state index in [2.05, 4.69) is 21.4 Å². The summed E-state index contributed by atoms with van der Waals surface area (Å²) in [6, 6.07) is 8.06. The van der Waals surface area contributed by atoms with Gasteiger partial charge in [0.2, 0.25) is 0 Å². The lowest BCUT2D eigenvalue weighted by Crippen LogP contribution is -1.87. The highest BCUT2D eigenvalue weighted by Crippen LogP contribution is 2.37. The van der Waals surface area contributed by atoms with Crippen LogP contribution in [0.5, 0.6) is 5.75 Å². The van der Waals surface area contributed by atoms with Crippen molar-refractivity contribution >= 4 is 32.9 Å². The van der Waals surface area contributed by atoms with Gasteiger partial charge in [0.05, 0.1) is 23.0 Å². The van der Waals surface area contributed by atoms with Gasteiger partial charge in [-0.25, -0.2) is 9.97 Å². The number of aryl methyl sites for hydroxylation is 1. The molecule has 0 aliphatic rings. The minimum Gasteiger partial charge on any atom is -0.494 e. The average molecular weight is 339 g/mol. The summed E-state index contributed by atoms with van der Waals surface area (Å²) in [4.78, 5) is 13.5. The van der Waals surface area contributed by atoms with Crippen LogP contribution in [0.2, 0.25) is 0 Å². The fraction of sp³-hybridized carbons (Fsp3) is 0.118. The molecule has 0 N–H and O–H groups in total. The molecular formula is C17H13N3OS2. The number of nitrogens with zero attached hydrogens (tertiary/aromatic N) is 3. The summed E-state index contributed by atoms with van der Waals surface area (Å²) in [7, 11) is 1.67. The molecule has 6 heteroatoms. The maximum absolute atomic E-state index is 5.38. The van der Waals surface area contributed by atoms with Gasteiger partial charge in [-0.15, -0.1) is 22.7 Å². The van der Waals surface area contributed by atoms with Crippen LogP contribution in [-0.2, 0) is 0 Å². The first-order valence-electron chi connectivity index (χ1n) is 7.05. The average Bonchev–Trinajstić information content (AvgIpc) is 3.24. The van der Waals surface area contributed by atoms with Crippen LogP contribution in [0.3, 0.4) is 0 Å². The van der Waals surface area contributed by atoms with E-state index in [1.165, 1.54) is 0 Å². The van der Waals surface area contributed by atoms with Crippen LogP contribution in [0, 0.1) is 6.92 Å². The second kappa shape index (κ2) is 5.72. The second-order valence-corrected chi connectivity index (χ2v) is 6.78. The highest BCUT2D eigenvalue weighted by molar-refractivity contribution is 7.17. The van der Waals surface area contributed by atoms with Gasteiger partial charge in [-0.05, 0) is 31.2 Å². The van der Waals surface area contributed by atoms with Crippen LogP contribution in [0.15, 0.2) is 41.4 Å². The van der Waals surface area contributed by atoms with E-state index in [4.69, 9.17) is 9.72 Å². The Kier molecular flexibility index (Phi) is 3.55. The Hall–Kier alpha value is -2.31. The van der Waals surface area contributed by atoms with Crippen LogP contribution >= 0.6 is 22.7 Å². The van der Waals surface area contributed by atoms with E-state index in [9.17, 15) is 0 Å². The van der Waals surface area contributed by atoms with E-state index >= 15 is 0 Å². The van der Waals surface area contributed by atoms with Gasteiger partial charge in [-0.1, -0.05) is 0 Å². The summed E-state index contributed by atoms with van der Waals surface area (Å²) in [5, 5.41) is 3.05. The minimum atomic E-state index is 0.795. The van der Waals surface area contributed by atoms with Crippen molar-refractivity contribution in [3.8, 4) is 27.6 Å². The molecule has 23 heavy (non-hydrogen) atoms. The normalized spacial score (nSPS) is 11.0. The van der Waals surface area contributed by atoms with E-state index in [1.54, 1.807) is 29.8 Å². The van der Waals surface area contributed by atoms with Crippen LogP contribution in [0.1, 0.15) is 5.69 Å². The number of hydrogen-bond acceptors (Lipinski definition) is 6. The smallest absolute Gasteiger partial charge is 0.146 e. The van der Waals surface area contributed by atoms with Gasteiger partial charge in [0.25, 0.3) is 0 Å². The number of thiazole rings is 2. The van der Waals surface area contributed by atoms with Crippen LogP contribution < -0.4 is 4.74 Å². The van der Waals surface area contributed by atoms with Crippen molar-refractivity contribution in [1.82, 2.24) is 15.0 Å². The maximum Gasteiger partial charge on any atom is 0.146 e. The molecule has 4 aromatic rings. The molecule has 1 aromatic carbocycles.